The molecule has 0 aliphatic carbocycles. The van der Waals surface area contributed by atoms with Crippen LogP contribution in [0.4, 0.5) is 0 Å². The van der Waals surface area contributed by atoms with Crippen molar-refractivity contribution >= 4 is 94.9 Å². The molecule has 2 saturated heterocycles. The number of carboxylic acids is 6. The van der Waals surface area contributed by atoms with E-state index in [9.17, 15) is 107 Å². The number of unbranched alkanes of at least 4 members (excludes halogenated alkanes) is 2. The van der Waals surface area contributed by atoms with E-state index in [1.807, 2.05) is 0 Å². The Morgan fingerprint density at radius 3 is 0.938 bits per heavy atom. The van der Waals surface area contributed by atoms with Crippen LogP contribution in [0.5, 0.6) is 0 Å². The van der Waals surface area contributed by atoms with Gasteiger partial charge >= 0.3 is 35.8 Å². The lowest BCUT2D eigenvalue weighted by atomic mass is 10.0. The molecule has 452 valence electrons. The Kier molecular flexibility index (Phi) is 29.7. The molecule has 2 aliphatic rings. The summed E-state index contributed by atoms with van der Waals surface area (Å²) in [7, 11) is 0. The van der Waals surface area contributed by atoms with E-state index in [1.165, 1.54) is 0 Å². The zero-order valence-corrected chi connectivity index (χ0v) is 44.0. The summed E-state index contributed by atoms with van der Waals surface area (Å²) in [5.74, 6) is -20.1. The number of carboxylic acid groups (broad SMARTS) is 6. The maximum atomic E-state index is 14.0. The molecule has 34 heteroatoms. The SMILES string of the molecule is NCCCC[C@H](NC(=O)C(CCCC(NC(=O)[C@H](CC(=O)O)NC(=O)[C@H](CCC(=O)O)NC(=O)[C@@H]1CCC(=O)N1)C(=O)N[C@@H](CCCCN)C(=O)O)NC(=O)[C@H](CC(=O)O)NC(=O)[C@H](CCC(=O)O)NC(=O)[C@@H]1CCC(=O)N1)C(=O)O. The minimum Gasteiger partial charge on any atom is -0.481 e. The van der Waals surface area contributed by atoms with E-state index >= 15 is 0 Å². The predicted octanol–water partition coefficient (Wildman–Crippen LogP) is -6.30. The van der Waals surface area contributed by atoms with E-state index in [1.54, 1.807) is 0 Å². The number of aliphatic carboxylic acids is 6. The molecular weight excluding hydrogens is 1080 g/mol. The van der Waals surface area contributed by atoms with Gasteiger partial charge in [-0.25, -0.2) is 9.59 Å². The van der Waals surface area contributed by atoms with Gasteiger partial charge in [0.25, 0.3) is 0 Å². The summed E-state index contributed by atoms with van der Waals surface area (Å²) in [6.07, 6.45) is -6.44. The Morgan fingerprint density at radius 1 is 0.383 bits per heavy atom. The van der Waals surface area contributed by atoms with Crippen molar-refractivity contribution in [2.24, 2.45) is 11.5 Å². The first-order chi connectivity index (χ1) is 38.1. The molecule has 0 saturated carbocycles. The average molecular weight is 1160 g/mol. The van der Waals surface area contributed by atoms with Crippen molar-refractivity contribution in [2.75, 3.05) is 13.1 Å². The second-order valence-electron chi connectivity index (χ2n) is 19.0. The smallest absolute Gasteiger partial charge is 0.326 e. The van der Waals surface area contributed by atoms with Gasteiger partial charge in [0.1, 0.15) is 60.4 Å². The van der Waals surface area contributed by atoms with Crippen LogP contribution in [0.2, 0.25) is 0 Å². The molecular formula is C47H72N12O22. The topological polar surface area (TPSA) is 567 Å². The summed E-state index contributed by atoms with van der Waals surface area (Å²) >= 11 is 0. The molecule has 2 aliphatic heterocycles. The first kappa shape index (κ1) is 68.5. The molecule has 10 amide bonds. The quantitative estimate of drug-likeness (QED) is 0.0254. The van der Waals surface area contributed by atoms with Crippen LogP contribution in [0.25, 0.3) is 0 Å². The van der Waals surface area contributed by atoms with Crippen molar-refractivity contribution in [1.82, 2.24) is 53.2 Å². The minimum absolute atomic E-state index is 0.00524. The second kappa shape index (κ2) is 35.1. The summed E-state index contributed by atoms with van der Waals surface area (Å²) in [6.45, 7) is 0.272. The molecule has 0 aromatic heterocycles. The van der Waals surface area contributed by atoms with Gasteiger partial charge in [-0.15, -0.1) is 0 Å². The molecule has 2 heterocycles. The highest BCUT2D eigenvalue weighted by atomic mass is 16.4. The van der Waals surface area contributed by atoms with E-state index in [2.05, 4.69) is 53.2 Å². The van der Waals surface area contributed by atoms with E-state index in [0.29, 0.717) is 12.8 Å². The van der Waals surface area contributed by atoms with Gasteiger partial charge in [-0.1, -0.05) is 0 Å². The Labute approximate surface area is 461 Å². The van der Waals surface area contributed by atoms with Gasteiger partial charge in [0.2, 0.25) is 59.1 Å². The van der Waals surface area contributed by atoms with Crippen LogP contribution in [0, 0.1) is 0 Å². The van der Waals surface area contributed by atoms with E-state index < -0.39 is 213 Å². The van der Waals surface area contributed by atoms with E-state index in [0.717, 1.165) is 0 Å². The fourth-order valence-electron chi connectivity index (χ4n) is 8.21. The Hall–Kier alpha value is -8.56. The van der Waals surface area contributed by atoms with Crippen molar-refractivity contribution < 1.29 is 107 Å². The summed E-state index contributed by atoms with van der Waals surface area (Å²) in [5, 5.41) is 80.5. The summed E-state index contributed by atoms with van der Waals surface area (Å²) < 4.78 is 0. The Morgan fingerprint density at radius 2 is 0.667 bits per heavy atom. The molecule has 0 aromatic rings. The third-order valence-electron chi connectivity index (χ3n) is 12.6. The van der Waals surface area contributed by atoms with E-state index in [-0.39, 0.29) is 64.5 Å². The average Bonchev–Trinajstić information content (AvgIpc) is 4.04. The molecule has 10 atom stereocenters. The highest BCUT2D eigenvalue weighted by Crippen LogP contribution is 2.14. The van der Waals surface area contributed by atoms with Crippen molar-refractivity contribution in [3.05, 3.63) is 0 Å². The molecule has 81 heavy (non-hydrogen) atoms. The largest absolute Gasteiger partial charge is 0.481 e. The number of nitrogens with one attached hydrogen (secondary N) is 10. The molecule has 34 nitrogen and oxygen atoms in total. The third kappa shape index (κ3) is 25.8. The highest BCUT2D eigenvalue weighted by Gasteiger charge is 2.38. The van der Waals surface area contributed by atoms with Crippen LogP contribution in [-0.2, 0) is 76.7 Å². The van der Waals surface area contributed by atoms with Crippen LogP contribution in [0.15, 0.2) is 0 Å². The number of rotatable bonds is 40. The molecule has 0 bridgehead atoms. The number of hydrogen-bond donors (Lipinski definition) is 18. The lowest BCUT2D eigenvalue weighted by molar-refractivity contribution is -0.143. The molecule has 0 aromatic carbocycles. The molecule has 2 rings (SSSR count). The maximum absolute atomic E-state index is 14.0. The van der Waals surface area contributed by atoms with Gasteiger partial charge in [-0.3, -0.25) is 67.1 Å². The summed E-state index contributed by atoms with van der Waals surface area (Å²) in [6, 6.07) is -17.1. The number of nitrogens with two attached hydrogens (primary N) is 2. The summed E-state index contributed by atoms with van der Waals surface area (Å²) in [4.78, 5) is 204. The van der Waals surface area contributed by atoms with Crippen molar-refractivity contribution in [2.45, 2.75) is 182 Å². The lowest BCUT2D eigenvalue weighted by Gasteiger charge is -2.27. The predicted molar refractivity (Wildman–Crippen MR) is 271 cm³/mol. The fraction of sp³-hybridized carbons (Fsp3) is 0.660. The molecule has 2 fully saturated rings. The fourth-order valence-corrected chi connectivity index (χ4v) is 8.21. The third-order valence-corrected chi connectivity index (χ3v) is 12.6. The number of amides is 10. The van der Waals surface area contributed by atoms with Crippen molar-refractivity contribution in [1.29, 1.82) is 0 Å². The normalized spacial score (nSPS) is 17.5. The first-order valence-corrected chi connectivity index (χ1v) is 25.9. The van der Waals surface area contributed by atoms with E-state index in [4.69, 9.17) is 11.5 Å². The first-order valence-electron chi connectivity index (χ1n) is 25.9. The van der Waals surface area contributed by atoms with Gasteiger partial charge in [0.15, 0.2) is 0 Å². The van der Waals surface area contributed by atoms with Gasteiger partial charge in [-0.05, 0) is 96.6 Å². The Bertz CT molecular complexity index is 2180. The monoisotopic (exact) mass is 1160 g/mol. The lowest BCUT2D eigenvalue weighted by Crippen LogP contribution is -2.59. The molecule has 2 unspecified atom stereocenters. The van der Waals surface area contributed by atoms with Gasteiger partial charge in [-0.2, -0.15) is 0 Å². The summed E-state index contributed by atoms with van der Waals surface area (Å²) in [5.41, 5.74) is 11.1. The van der Waals surface area contributed by atoms with Gasteiger partial charge < -0.3 is 95.3 Å². The second-order valence-corrected chi connectivity index (χ2v) is 19.0. The van der Waals surface area contributed by atoms with Crippen LogP contribution in [0.3, 0.4) is 0 Å². The Balaban J connectivity index is 2.59. The zero-order valence-electron chi connectivity index (χ0n) is 44.0. The maximum Gasteiger partial charge on any atom is 0.326 e. The van der Waals surface area contributed by atoms with Gasteiger partial charge in [0, 0.05) is 25.7 Å². The number of carbonyl (C=O) groups excluding carboxylic acids is 10. The van der Waals surface area contributed by atoms with Crippen molar-refractivity contribution in [3.8, 4) is 0 Å². The van der Waals surface area contributed by atoms with Crippen LogP contribution >= 0.6 is 0 Å². The van der Waals surface area contributed by atoms with Crippen LogP contribution in [-0.4, -0.2) is 199 Å². The number of hydrogen-bond acceptors (Lipinski definition) is 18. The zero-order chi connectivity index (χ0) is 60.9. The standard InChI is InChI=1S/C47H72N12O22/c48-18-3-1-6-28(46(78)79)56-38(70)22(52-44(76)30(20-36(66)67)58-42(74)26(12-16-34(62)63)54-40(72)24-10-14-32(60)50-24)8-5-9-23(39(71)57-29(47(80)81)7-2-4-19-49)53-45(77)31(21-37(68)69)59-43(75)27(13-17-35(64)65)55-41(73)25-11-15-33(61)51-25/h22-31H,1-21,48-49H2,(H,50,60)(H,51,61)(H,52,76)(H,53,77)(H,54,72)(H,55,73)(H,56,70)(H,57,71)(H,58,74)(H,59,75)(H,62,63)(H,64,65)(H,66,67)(H,68,69)(H,78,79)(H,80,81)/t22?,23?,24-,25-,26-,27-,28-,29-,30-,31-/m0/s1. The number of carbonyl (C=O) groups is 16. The molecule has 20 N–H and O–H groups in total. The van der Waals surface area contributed by atoms with Crippen LogP contribution < -0.4 is 64.6 Å². The van der Waals surface area contributed by atoms with Crippen LogP contribution in [0.1, 0.15) is 122 Å². The van der Waals surface area contributed by atoms with Crippen molar-refractivity contribution in [3.63, 3.8) is 0 Å². The highest BCUT2D eigenvalue weighted by molar-refractivity contribution is 6.00. The minimum atomic E-state index is -2.12. The van der Waals surface area contributed by atoms with Gasteiger partial charge in [0.05, 0.1) is 12.8 Å². The molecule has 0 spiro atoms. The molecule has 0 radical (unpaired) electrons.